The number of carbonyl (C=O) groups is 1. The number of nitrogens with zero attached hydrogens (tertiary/aromatic N) is 3. The molecule has 180 valence electrons. The van der Waals surface area contributed by atoms with E-state index in [1.165, 1.54) is 0 Å². The molecule has 0 bridgehead atoms. The van der Waals surface area contributed by atoms with Crippen LogP contribution in [0.4, 0.5) is 0 Å². The molecule has 0 unspecified atom stereocenters. The maximum absolute atomic E-state index is 13.8. The average molecular weight is 476 g/mol. The van der Waals surface area contributed by atoms with E-state index in [2.05, 4.69) is 87.4 Å². The number of hydrogen-bond donors (Lipinski definition) is 0. The van der Waals surface area contributed by atoms with Crippen molar-refractivity contribution in [2.45, 2.75) is 63.4 Å². The molecule has 0 N–H and O–H groups in total. The van der Waals surface area contributed by atoms with Crippen molar-refractivity contribution in [2.75, 3.05) is 6.54 Å². The van der Waals surface area contributed by atoms with Gasteiger partial charge in [-0.2, -0.15) is 0 Å². The molecule has 0 aliphatic carbocycles. The molecule has 1 fully saturated rings. The Labute approximate surface area is 204 Å². The number of amides is 1. The van der Waals surface area contributed by atoms with Gasteiger partial charge in [-0.1, -0.05) is 81.4 Å². The molecule has 0 radical (unpaired) electrons. The summed E-state index contributed by atoms with van der Waals surface area (Å²) in [6.45, 7) is 12.1. The van der Waals surface area contributed by atoms with Crippen LogP contribution in [-0.4, -0.2) is 41.3 Å². The van der Waals surface area contributed by atoms with Gasteiger partial charge in [-0.3, -0.25) is 4.79 Å². The second-order valence-electron chi connectivity index (χ2n) is 10.8. The topological polar surface area (TPSA) is 47.4 Å². The van der Waals surface area contributed by atoms with Gasteiger partial charge >= 0.3 is 0 Å². The van der Waals surface area contributed by atoms with Crippen molar-refractivity contribution in [2.24, 2.45) is 7.05 Å². The number of hydrogen-bond acceptors (Lipinski definition) is 3. The Morgan fingerprint density at radius 3 is 2.03 bits per heavy atom. The quantitative estimate of drug-likeness (QED) is 0.411. The largest absolute Gasteiger partial charge is 0.401 e. The van der Waals surface area contributed by atoms with Crippen LogP contribution in [0, 0.1) is 0 Å². The highest BCUT2D eigenvalue weighted by molar-refractivity contribution is 6.74. The van der Waals surface area contributed by atoms with Gasteiger partial charge in [-0.15, -0.1) is 0 Å². The normalized spacial score (nSPS) is 17.2. The smallest absolute Gasteiger partial charge is 0.290 e. The number of rotatable bonds is 6. The molecular weight excluding hydrogens is 438 g/mol. The Bertz CT molecular complexity index is 1080. The monoisotopic (exact) mass is 475 g/mol. The van der Waals surface area contributed by atoms with Gasteiger partial charge in [0.2, 0.25) is 0 Å². The molecule has 4 rings (SSSR count). The van der Waals surface area contributed by atoms with E-state index < -0.39 is 13.9 Å². The van der Waals surface area contributed by atoms with Crippen molar-refractivity contribution in [1.82, 2.24) is 14.5 Å². The zero-order valence-corrected chi connectivity index (χ0v) is 22.3. The molecule has 2 aromatic carbocycles. The summed E-state index contributed by atoms with van der Waals surface area (Å²) in [6.07, 6.45) is 5.32. The molecule has 6 heteroatoms. The van der Waals surface area contributed by atoms with Gasteiger partial charge in [0, 0.05) is 26.0 Å². The predicted octanol–water partition coefficient (Wildman–Crippen LogP) is 5.99. The van der Waals surface area contributed by atoms with Gasteiger partial charge < -0.3 is 13.9 Å². The highest BCUT2D eigenvalue weighted by atomic mass is 28.4. The van der Waals surface area contributed by atoms with Crippen LogP contribution < -0.4 is 0 Å². The summed E-state index contributed by atoms with van der Waals surface area (Å²) in [5.41, 5.74) is 1.41. The van der Waals surface area contributed by atoms with Crippen LogP contribution in [0.15, 0.2) is 73.1 Å². The Hall–Kier alpha value is -2.70. The third-order valence-corrected chi connectivity index (χ3v) is 12.1. The second-order valence-corrected chi connectivity index (χ2v) is 15.6. The standard InChI is InChI=1S/C28H37N3O2Si/c1-27(2,3)34(5,6)33-28(22-14-9-7-10-15-22,23-16-11-8-12-17-23)24-18-13-20-31(24)26(32)25-29-19-21-30(25)4/h7-12,14-17,19,21,24H,13,18,20H2,1-6H3/t24-/m0/s1. The van der Waals surface area contributed by atoms with E-state index in [0.29, 0.717) is 12.4 Å². The Morgan fingerprint density at radius 1 is 1.00 bits per heavy atom. The number of aryl methyl sites for hydroxylation is 1. The fraction of sp³-hybridized carbons (Fsp3) is 0.429. The van der Waals surface area contributed by atoms with E-state index in [4.69, 9.17) is 4.43 Å². The van der Waals surface area contributed by atoms with Gasteiger partial charge in [0.25, 0.3) is 5.91 Å². The number of carbonyl (C=O) groups excluding carboxylic acids is 1. The molecule has 34 heavy (non-hydrogen) atoms. The SMILES string of the molecule is Cn1ccnc1C(=O)N1CCC[C@H]1C(O[Si](C)(C)C(C)(C)C)(c1ccccc1)c1ccccc1. The highest BCUT2D eigenvalue weighted by Crippen LogP contribution is 2.49. The molecule has 1 saturated heterocycles. The molecule has 0 saturated carbocycles. The van der Waals surface area contributed by atoms with Crippen molar-refractivity contribution < 1.29 is 9.22 Å². The molecule has 5 nitrogen and oxygen atoms in total. The van der Waals surface area contributed by atoms with E-state index in [1.807, 2.05) is 30.3 Å². The van der Waals surface area contributed by atoms with Gasteiger partial charge in [-0.25, -0.2) is 4.98 Å². The van der Waals surface area contributed by atoms with E-state index in [9.17, 15) is 4.79 Å². The van der Waals surface area contributed by atoms with Crippen molar-refractivity contribution >= 4 is 14.2 Å². The summed E-state index contributed by atoms with van der Waals surface area (Å²) < 4.78 is 9.30. The Balaban J connectivity index is 1.94. The second kappa shape index (κ2) is 9.15. The molecule has 1 atom stereocenters. The van der Waals surface area contributed by atoms with Crippen LogP contribution >= 0.6 is 0 Å². The van der Waals surface area contributed by atoms with Crippen LogP contribution in [0.2, 0.25) is 18.1 Å². The summed E-state index contributed by atoms with van der Waals surface area (Å²) in [6, 6.07) is 20.8. The lowest BCUT2D eigenvalue weighted by atomic mass is 9.79. The molecule has 1 aromatic heterocycles. The third-order valence-electron chi connectivity index (χ3n) is 7.62. The first-order chi connectivity index (χ1) is 16.1. The Morgan fingerprint density at radius 2 is 1.56 bits per heavy atom. The van der Waals surface area contributed by atoms with E-state index in [0.717, 1.165) is 24.0 Å². The summed E-state index contributed by atoms with van der Waals surface area (Å²) >= 11 is 0. The zero-order valence-electron chi connectivity index (χ0n) is 21.3. The first-order valence-electron chi connectivity index (χ1n) is 12.2. The zero-order chi connectivity index (χ0) is 24.6. The van der Waals surface area contributed by atoms with E-state index >= 15 is 0 Å². The molecular formula is C28H37N3O2Si. The first kappa shape index (κ1) is 24.4. The molecule has 1 aliphatic rings. The third kappa shape index (κ3) is 4.25. The lowest BCUT2D eigenvalue weighted by Crippen LogP contribution is -2.58. The minimum absolute atomic E-state index is 0.00886. The summed E-state index contributed by atoms with van der Waals surface area (Å²) in [5, 5.41) is 0.00886. The highest BCUT2D eigenvalue weighted by Gasteiger charge is 2.54. The molecule has 0 spiro atoms. The van der Waals surface area contributed by atoms with Crippen molar-refractivity contribution in [3.05, 3.63) is 90.0 Å². The fourth-order valence-electron chi connectivity index (χ4n) is 4.80. The molecule has 2 heterocycles. The molecule has 3 aromatic rings. The number of likely N-dealkylation sites (tertiary alicyclic amines) is 1. The van der Waals surface area contributed by atoms with Crippen LogP contribution in [-0.2, 0) is 17.1 Å². The number of benzene rings is 2. The van der Waals surface area contributed by atoms with Crippen molar-refractivity contribution in [1.29, 1.82) is 0 Å². The minimum atomic E-state index is -2.27. The lowest BCUT2D eigenvalue weighted by Gasteiger charge is -2.50. The average Bonchev–Trinajstić information content (AvgIpc) is 3.47. The van der Waals surface area contributed by atoms with Gasteiger partial charge in [0.1, 0.15) is 5.60 Å². The van der Waals surface area contributed by atoms with Crippen LogP contribution in [0.3, 0.4) is 0 Å². The van der Waals surface area contributed by atoms with Gasteiger partial charge in [-0.05, 0) is 42.1 Å². The van der Waals surface area contributed by atoms with Crippen LogP contribution in [0.1, 0.15) is 55.4 Å². The fourth-order valence-corrected chi connectivity index (χ4v) is 6.28. The van der Waals surface area contributed by atoms with Crippen LogP contribution in [0.5, 0.6) is 0 Å². The van der Waals surface area contributed by atoms with Crippen molar-refractivity contribution in [3.8, 4) is 0 Å². The van der Waals surface area contributed by atoms with Gasteiger partial charge in [0.05, 0.1) is 6.04 Å². The number of aromatic nitrogens is 2. The first-order valence-corrected chi connectivity index (χ1v) is 15.1. The molecule has 1 aliphatic heterocycles. The van der Waals surface area contributed by atoms with E-state index in [1.54, 1.807) is 10.8 Å². The van der Waals surface area contributed by atoms with Gasteiger partial charge in [0.15, 0.2) is 14.1 Å². The predicted molar refractivity (Wildman–Crippen MR) is 139 cm³/mol. The van der Waals surface area contributed by atoms with Crippen LogP contribution in [0.25, 0.3) is 0 Å². The Kier molecular flexibility index (Phi) is 6.58. The summed E-state index contributed by atoms with van der Waals surface area (Å²) in [4.78, 5) is 20.2. The number of imidazole rings is 1. The maximum atomic E-state index is 13.8. The summed E-state index contributed by atoms with van der Waals surface area (Å²) in [7, 11) is -0.400. The lowest BCUT2D eigenvalue weighted by molar-refractivity contribution is 0.00780. The van der Waals surface area contributed by atoms with E-state index in [-0.39, 0.29) is 17.0 Å². The summed E-state index contributed by atoms with van der Waals surface area (Å²) in [5.74, 6) is 0.430. The maximum Gasteiger partial charge on any atom is 0.290 e. The molecule has 1 amide bonds. The van der Waals surface area contributed by atoms with Crippen molar-refractivity contribution in [3.63, 3.8) is 0 Å². The minimum Gasteiger partial charge on any atom is -0.401 e.